The van der Waals surface area contributed by atoms with E-state index in [0.29, 0.717) is 12.6 Å². The van der Waals surface area contributed by atoms with E-state index in [1.165, 1.54) is 12.8 Å². The molecule has 1 aliphatic carbocycles. The molecule has 0 spiro atoms. The van der Waals surface area contributed by atoms with E-state index in [4.69, 9.17) is 0 Å². The van der Waals surface area contributed by atoms with Gasteiger partial charge in [0, 0.05) is 25.0 Å². The van der Waals surface area contributed by atoms with Crippen molar-refractivity contribution in [3.63, 3.8) is 0 Å². The molecule has 1 amide bonds. The average Bonchev–Trinajstić information content (AvgIpc) is 2.95. The van der Waals surface area contributed by atoms with Crippen molar-refractivity contribution in [3.8, 4) is 0 Å². The van der Waals surface area contributed by atoms with Gasteiger partial charge in [-0.3, -0.25) is 4.79 Å². The third-order valence-corrected chi connectivity index (χ3v) is 2.88. The fourth-order valence-corrected chi connectivity index (χ4v) is 1.83. The van der Waals surface area contributed by atoms with Crippen molar-refractivity contribution in [1.29, 1.82) is 0 Å². The average molecular weight is 207 g/mol. The molecule has 4 nitrogen and oxygen atoms in total. The lowest BCUT2D eigenvalue weighted by Crippen LogP contribution is -2.35. The second-order valence-electron chi connectivity index (χ2n) is 4.01. The lowest BCUT2D eigenvalue weighted by molar-refractivity contribution is -0.132. The van der Waals surface area contributed by atoms with Crippen LogP contribution in [0, 0.1) is 6.92 Å². The number of aromatic nitrogens is 2. The largest absolute Gasteiger partial charge is 0.338 e. The van der Waals surface area contributed by atoms with E-state index in [1.54, 1.807) is 6.20 Å². The molecule has 0 unspecified atom stereocenters. The van der Waals surface area contributed by atoms with E-state index in [9.17, 15) is 4.79 Å². The summed E-state index contributed by atoms with van der Waals surface area (Å²) in [5.41, 5.74) is 0. The maximum Gasteiger partial charge on any atom is 0.242 e. The van der Waals surface area contributed by atoms with Crippen molar-refractivity contribution in [2.45, 2.75) is 39.3 Å². The Balaban J connectivity index is 1.99. The molecule has 15 heavy (non-hydrogen) atoms. The standard InChI is InChI=1S/C11H17N3O/c1-3-14(10-4-5-10)11(15)8-13-7-6-12-9(13)2/h6-7,10H,3-5,8H2,1-2H3. The van der Waals surface area contributed by atoms with Crippen molar-refractivity contribution in [1.82, 2.24) is 14.5 Å². The molecule has 4 heteroatoms. The van der Waals surface area contributed by atoms with Crippen LogP contribution in [0.2, 0.25) is 0 Å². The number of hydrogen-bond acceptors (Lipinski definition) is 2. The molecule has 0 N–H and O–H groups in total. The first-order valence-electron chi connectivity index (χ1n) is 5.49. The van der Waals surface area contributed by atoms with E-state index in [-0.39, 0.29) is 5.91 Å². The van der Waals surface area contributed by atoms with Crippen molar-refractivity contribution < 1.29 is 4.79 Å². The fraction of sp³-hybridized carbons (Fsp3) is 0.636. The highest BCUT2D eigenvalue weighted by molar-refractivity contribution is 5.76. The number of carbonyl (C=O) groups excluding carboxylic acids is 1. The maximum atomic E-state index is 12.0. The van der Waals surface area contributed by atoms with Gasteiger partial charge in [0.15, 0.2) is 0 Å². The van der Waals surface area contributed by atoms with Gasteiger partial charge in [0.05, 0.1) is 0 Å². The summed E-state index contributed by atoms with van der Waals surface area (Å²) >= 11 is 0. The molecule has 0 aliphatic heterocycles. The molecule has 1 heterocycles. The normalized spacial score (nSPS) is 15.3. The van der Waals surface area contributed by atoms with Crippen LogP contribution in [0.25, 0.3) is 0 Å². The number of nitrogens with zero attached hydrogens (tertiary/aromatic N) is 3. The summed E-state index contributed by atoms with van der Waals surface area (Å²) < 4.78 is 1.90. The van der Waals surface area contributed by atoms with Crippen LogP contribution < -0.4 is 0 Å². The zero-order chi connectivity index (χ0) is 10.8. The number of hydrogen-bond donors (Lipinski definition) is 0. The molecule has 1 saturated carbocycles. The minimum absolute atomic E-state index is 0.209. The summed E-state index contributed by atoms with van der Waals surface area (Å²) in [5.74, 6) is 1.11. The molecule has 0 bridgehead atoms. The zero-order valence-corrected chi connectivity index (χ0v) is 9.31. The van der Waals surface area contributed by atoms with Crippen molar-refractivity contribution in [2.24, 2.45) is 0 Å². The minimum atomic E-state index is 0.209. The predicted molar refractivity (Wildman–Crippen MR) is 57.4 cm³/mol. The summed E-state index contributed by atoms with van der Waals surface area (Å²) in [6.45, 7) is 5.20. The lowest BCUT2D eigenvalue weighted by atomic mass is 10.4. The fourth-order valence-electron chi connectivity index (χ4n) is 1.83. The molecule has 0 atom stereocenters. The number of imidazole rings is 1. The van der Waals surface area contributed by atoms with Gasteiger partial charge in [-0.05, 0) is 26.7 Å². The van der Waals surface area contributed by atoms with E-state index >= 15 is 0 Å². The van der Waals surface area contributed by atoms with Crippen molar-refractivity contribution in [3.05, 3.63) is 18.2 Å². The van der Waals surface area contributed by atoms with Gasteiger partial charge in [-0.1, -0.05) is 0 Å². The molecular weight excluding hydrogens is 190 g/mol. The molecular formula is C11H17N3O. The third-order valence-electron chi connectivity index (χ3n) is 2.88. The van der Waals surface area contributed by atoms with Crippen LogP contribution in [0.15, 0.2) is 12.4 Å². The van der Waals surface area contributed by atoms with E-state index in [2.05, 4.69) is 4.98 Å². The first-order chi connectivity index (χ1) is 7.22. The number of rotatable bonds is 4. The van der Waals surface area contributed by atoms with Gasteiger partial charge >= 0.3 is 0 Å². The molecule has 0 aromatic carbocycles. The predicted octanol–water partition coefficient (Wildman–Crippen LogP) is 1.20. The topological polar surface area (TPSA) is 38.1 Å². The maximum absolute atomic E-state index is 12.0. The number of likely N-dealkylation sites (N-methyl/N-ethyl adjacent to an activating group) is 1. The number of carbonyl (C=O) groups is 1. The number of aryl methyl sites for hydroxylation is 1. The second kappa shape index (κ2) is 4.04. The SMILES string of the molecule is CCN(C(=O)Cn1ccnc1C)C1CC1. The summed E-state index contributed by atoms with van der Waals surface area (Å²) in [5, 5.41) is 0. The Morgan fingerprint density at radius 3 is 2.87 bits per heavy atom. The molecule has 82 valence electrons. The highest BCUT2D eigenvalue weighted by atomic mass is 16.2. The van der Waals surface area contributed by atoms with Gasteiger partial charge in [-0.25, -0.2) is 4.98 Å². The second-order valence-corrected chi connectivity index (χ2v) is 4.01. The van der Waals surface area contributed by atoms with Crippen LogP contribution in [0.5, 0.6) is 0 Å². The Labute approximate surface area is 89.9 Å². The molecule has 0 radical (unpaired) electrons. The van der Waals surface area contributed by atoms with Crippen LogP contribution >= 0.6 is 0 Å². The number of amides is 1. The Kier molecular flexibility index (Phi) is 2.75. The zero-order valence-electron chi connectivity index (χ0n) is 9.31. The summed E-state index contributed by atoms with van der Waals surface area (Å²) in [7, 11) is 0. The molecule has 1 aliphatic rings. The van der Waals surface area contributed by atoms with Gasteiger partial charge in [0.1, 0.15) is 12.4 Å². The highest BCUT2D eigenvalue weighted by Crippen LogP contribution is 2.26. The van der Waals surface area contributed by atoms with Crippen LogP contribution in [0.3, 0.4) is 0 Å². The van der Waals surface area contributed by atoms with E-state index in [1.807, 2.05) is 29.5 Å². The Morgan fingerprint density at radius 1 is 1.67 bits per heavy atom. The Hall–Kier alpha value is -1.32. The van der Waals surface area contributed by atoms with Crippen LogP contribution in [-0.4, -0.2) is 32.9 Å². The van der Waals surface area contributed by atoms with Gasteiger partial charge in [0.2, 0.25) is 5.91 Å². The smallest absolute Gasteiger partial charge is 0.242 e. The summed E-state index contributed by atoms with van der Waals surface area (Å²) in [6.07, 6.45) is 5.93. The Morgan fingerprint density at radius 2 is 2.40 bits per heavy atom. The molecule has 0 saturated heterocycles. The summed E-state index contributed by atoms with van der Waals surface area (Å²) in [6, 6.07) is 0.506. The molecule has 1 aromatic heterocycles. The molecule has 1 fully saturated rings. The first kappa shape index (κ1) is 10.2. The quantitative estimate of drug-likeness (QED) is 0.744. The Bertz CT molecular complexity index is 354. The van der Waals surface area contributed by atoms with Crippen molar-refractivity contribution >= 4 is 5.91 Å². The van der Waals surface area contributed by atoms with Gasteiger partial charge < -0.3 is 9.47 Å². The lowest BCUT2D eigenvalue weighted by Gasteiger charge is -2.20. The third kappa shape index (κ3) is 2.19. The van der Waals surface area contributed by atoms with Crippen LogP contribution in [0.4, 0.5) is 0 Å². The van der Waals surface area contributed by atoms with Gasteiger partial charge in [-0.2, -0.15) is 0 Å². The minimum Gasteiger partial charge on any atom is -0.338 e. The van der Waals surface area contributed by atoms with Crippen molar-refractivity contribution in [2.75, 3.05) is 6.54 Å². The summed E-state index contributed by atoms with van der Waals surface area (Å²) in [4.78, 5) is 18.0. The van der Waals surface area contributed by atoms with E-state index < -0.39 is 0 Å². The van der Waals surface area contributed by atoms with Crippen LogP contribution in [-0.2, 0) is 11.3 Å². The van der Waals surface area contributed by atoms with E-state index in [0.717, 1.165) is 12.4 Å². The molecule has 1 aromatic rings. The monoisotopic (exact) mass is 207 g/mol. The molecule has 2 rings (SSSR count). The highest BCUT2D eigenvalue weighted by Gasteiger charge is 2.31. The van der Waals surface area contributed by atoms with Crippen LogP contribution in [0.1, 0.15) is 25.6 Å². The van der Waals surface area contributed by atoms with Gasteiger partial charge in [0.25, 0.3) is 0 Å². The van der Waals surface area contributed by atoms with Gasteiger partial charge in [-0.15, -0.1) is 0 Å². The first-order valence-corrected chi connectivity index (χ1v) is 5.49.